The van der Waals surface area contributed by atoms with E-state index in [1.54, 1.807) is 16.8 Å². The summed E-state index contributed by atoms with van der Waals surface area (Å²) in [5.41, 5.74) is 3.59. The molecular weight excluding hydrogens is 386 g/mol. The average Bonchev–Trinajstić information content (AvgIpc) is 3.22. The fourth-order valence-electron chi connectivity index (χ4n) is 4.85. The Labute approximate surface area is 183 Å². The van der Waals surface area contributed by atoms with Gasteiger partial charge in [0.1, 0.15) is 12.4 Å². The van der Waals surface area contributed by atoms with Gasteiger partial charge in [-0.2, -0.15) is 0 Å². The zero-order valence-electron chi connectivity index (χ0n) is 17.8. The molecule has 2 aromatic carbocycles. The number of rotatable bonds is 5. The minimum absolute atomic E-state index is 0.0897. The third-order valence-corrected chi connectivity index (χ3v) is 6.73. The van der Waals surface area contributed by atoms with Crippen LogP contribution in [0.25, 0.3) is 5.69 Å². The van der Waals surface area contributed by atoms with Crippen LogP contribution in [-0.2, 0) is 6.61 Å². The molecule has 5 nitrogen and oxygen atoms in total. The van der Waals surface area contributed by atoms with Crippen LogP contribution in [0.3, 0.4) is 0 Å². The Hall–Kier alpha value is -3.05. The van der Waals surface area contributed by atoms with Gasteiger partial charge in [-0.1, -0.05) is 30.3 Å². The van der Waals surface area contributed by atoms with Gasteiger partial charge in [0.05, 0.1) is 0 Å². The summed E-state index contributed by atoms with van der Waals surface area (Å²) in [6.07, 6.45) is 5.61. The number of anilines is 1. The average molecular weight is 416 g/mol. The maximum absolute atomic E-state index is 12.7. The number of benzene rings is 2. The second kappa shape index (κ2) is 8.60. The highest BCUT2D eigenvalue weighted by Crippen LogP contribution is 2.40. The lowest BCUT2D eigenvalue weighted by Crippen LogP contribution is -2.38. The van der Waals surface area contributed by atoms with Gasteiger partial charge in [-0.15, -0.1) is 0 Å². The van der Waals surface area contributed by atoms with Gasteiger partial charge in [-0.3, -0.25) is 9.36 Å². The minimum atomic E-state index is -0.0897. The Morgan fingerprint density at radius 1 is 0.903 bits per heavy atom. The zero-order chi connectivity index (χ0) is 21.1. The molecule has 2 fully saturated rings. The number of nitrogens with zero attached hydrogens (tertiary/aromatic N) is 2. The lowest BCUT2D eigenvalue weighted by molar-refractivity contribution is 0.232. The van der Waals surface area contributed by atoms with Gasteiger partial charge in [-0.05, 0) is 73.7 Å². The Kier molecular flexibility index (Phi) is 5.51. The molecule has 31 heavy (non-hydrogen) atoms. The van der Waals surface area contributed by atoms with Crippen molar-refractivity contribution in [3.05, 3.63) is 88.8 Å². The monoisotopic (exact) mass is 415 g/mol. The molecule has 2 aliphatic heterocycles. The van der Waals surface area contributed by atoms with Crippen LogP contribution in [0.1, 0.15) is 24.8 Å². The number of hydrogen-bond donors (Lipinski definition) is 1. The van der Waals surface area contributed by atoms with Crippen molar-refractivity contribution < 1.29 is 4.74 Å². The Balaban J connectivity index is 1.26. The molecule has 1 N–H and O–H groups in total. The van der Waals surface area contributed by atoms with Crippen molar-refractivity contribution >= 4 is 5.69 Å². The van der Waals surface area contributed by atoms with Crippen molar-refractivity contribution in [1.82, 2.24) is 9.88 Å². The van der Waals surface area contributed by atoms with Gasteiger partial charge >= 0.3 is 0 Å². The van der Waals surface area contributed by atoms with E-state index in [-0.39, 0.29) is 5.56 Å². The highest BCUT2D eigenvalue weighted by Gasteiger charge is 2.38. The Morgan fingerprint density at radius 2 is 1.65 bits per heavy atom. The smallest absolute Gasteiger partial charge is 0.258 e. The van der Waals surface area contributed by atoms with Gasteiger partial charge in [0.15, 0.2) is 0 Å². The van der Waals surface area contributed by atoms with Crippen LogP contribution in [0.4, 0.5) is 5.69 Å². The molecule has 0 aliphatic carbocycles. The second-order valence-corrected chi connectivity index (χ2v) is 8.78. The third-order valence-electron chi connectivity index (χ3n) is 6.73. The number of nitrogens with one attached hydrogen (secondary N) is 1. The molecule has 3 aromatic rings. The molecule has 0 atom stereocenters. The predicted octanol–water partition coefficient (Wildman–Crippen LogP) is 4.00. The normalized spacial score (nSPS) is 17.7. The first-order valence-corrected chi connectivity index (χ1v) is 11.2. The highest BCUT2D eigenvalue weighted by atomic mass is 16.5. The lowest BCUT2D eigenvalue weighted by atomic mass is 9.78. The van der Waals surface area contributed by atoms with E-state index >= 15 is 0 Å². The van der Waals surface area contributed by atoms with Crippen molar-refractivity contribution in [2.45, 2.75) is 25.9 Å². The number of ether oxygens (including phenoxy) is 1. The van der Waals surface area contributed by atoms with E-state index in [1.807, 2.05) is 48.5 Å². The molecule has 2 saturated heterocycles. The largest absolute Gasteiger partial charge is 0.489 e. The summed E-state index contributed by atoms with van der Waals surface area (Å²) in [5.74, 6) is 0.589. The molecule has 1 spiro atoms. The summed E-state index contributed by atoms with van der Waals surface area (Å²) >= 11 is 0. The van der Waals surface area contributed by atoms with Crippen molar-refractivity contribution in [2.24, 2.45) is 5.41 Å². The van der Waals surface area contributed by atoms with E-state index in [2.05, 4.69) is 22.3 Å². The lowest BCUT2D eigenvalue weighted by Gasteiger charge is -2.34. The van der Waals surface area contributed by atoms with Crippen LogP contribution in [0, 0.1) is 5.41 Å². The topological polar surface area (TPSA) is 46.5 Å². The summed E-state index contributed by atoms with van der Waals surface area (Å²) in [7, 11) is 0. The second-order valence-electron chi connectivity index (χ2n) is 8.78. The summed E-state index contributed by atoms with van der Waals surface area (Å²) in [6.45, 7) is 4.99. The molecule has 0 amide bonds. The van der Waals surface area contributed by atoms with Gasteiger partial charge in [0.25, 0.3) is 5.56 Å². The van der Waals surface area contributed by atoms with Crippen LogP contribution in [0.2, 0.25) is 0 Å². The molecule has 1 aromatic heterocycles. The fraction of sp³-hybridized carbons (Fsp3) is 0.346. The van der Waals surface area contributed by atoms with E-state index in [1.165, 1.54) is 24.9 Å². The molecule has 5 heteroatoms. The summed E-state index contributed by atoms with van der Waals surface area (Å²) in [4.78, 5) is 15.2. The first-order chi connectivity index (χ1) is 15.2. The van der Waals surface area contributed by atoms with E-state index in [4.69, 9.17) is 4.74 Å². The molecule has 5 rings (SSSR count). The summed E-state index contributed by atoms with van der Waals surface area (Å²) < 4.78 is 7.44. The molecule has 2 aliphatic rings. The molecule has 160 valence electrons. The highest BCUT2D eigenvalue weighted by molar-refractivity contribution is 5.52. The van der Waals surface area contributed by atoms with Crippen molar-refractivity contribution in [3.8, 4) is 11.4 Å². The van der Waals surface area contributed by atoms with E-state index in [0.29, 0.717) is 17.8 Å². The number of hydrogen-bond acceptors (Lipinski definition) is 4. The SMILES string of the molecule is O=c1cc(OCc2ccccc2)ccn1-c1ccc(N2CCC3(CCNCC3)C2)cc1. The zero-order valence-corrected chi connectivity index (χ0v) is 17.8. The molecular formula is C26H29N3O2. The summed E-state index contributed by atoms with van der Waals surface area (Å²) in [6, 6.07) is 21.7. The molecule has 0 unspecified atom stereocenters. The first-order valence-electron chi connectivity index (χ1n) is 11.2. The molecule has 0 saturated carbocycles. The van der Waals surface area contributed by atoms with E-state index in [0.717, 1.165) is 37.4 Å². The van der Waals surface area contributed by atoms with Crippen molar-refractivity contribution in [2.75, 3.05) is 31.1 Å². The van der Waals surface area contributed by atoms with Gasteiger partial charge in [0.2, 0.25) is 0 Å². The van der Waals surface area contributed by atoms with Crippen LogP contribution < -0.4 is 20.5 Å². The van der Waals surface area contributed by atoms with Crippen LogP contribution >= 0.6 is 0 Å². The maximum atomic E-state index is 12.7. The predicted molar refractivity (Wildman–Crippen MR) is 124 cm³/mol. The minimum Gasteiger partial charge on any atom is -0.489 e. The standard InChI is InChI=1S/C26H29N3O2/c30-25-18-24(31-19-21-4-2-1-3-5-21)10-16-29(25)23-8-6-22(7-9-23)28-17-13-26(20-28)11-14-27-15-12-26/h1-10,16,18,27H,11-15,17,19-20H2. The number of pyridine rings is 1. The van der Waals surface area contributed by atoms with Crippen LogP contribution in [-0.4, -0.2) is 30.7 Å². The maximum Gasteiger partial charge on any atom is 0.258 e. The van der Waals surface area contributed by atoms with E-state index < -0.39 is 0 Å². The molecule has 0 bridgehead atoms. The van der Waals surface area contributed by atoms with Gasteiger partial charge in [-0.25, -0.2) is 0 Å². The quantitative estimate of drug-likeness (QED) is 0.684. The molecule has 3 heterocycles. The van der Waals surface area contributed by atoms with E-state index in [9.17, 15) is 4.79 Å². The van der Waals surface area contributed by atoms with Crippen molar-refractivity contribution in [3.63, 3.8) is 0 Å². The fourth-order valence-corrected chi connectivity index (χ4v) is 4.85. The molecule has 0 radical (unpaired) electrons. The van der Waals surface area contributed by atoms with Crippen LogP contribution in [0.5, 0.6) is 5.75 Å². The first kappa shape index (κ1) is 19.9. The van der Waals surface area contributed by atoms with Crippen molar-refractivity contribution in [1.29, 1.82) is 0 Å². The number of piperidine rings is 1. The number of aromatic nitrogens is 1. The van der Waals surface area contributed by atoms with Gasteiger partial charge < -0.3 is 15.0 Å². The van der Waals surface area contributed by atoms with Crippen LogP contribution in [0.15, 0.2) is 77.7 Å². The Bertz CT molecular complexity index is 1070. The van der Waals surface area contributed by atoms with Gasteiger partial charge in [0, 0.05) is 36.7 Å². The summed E-state index contributed by atoms with van der Waals surface area (Å²) in [5, 5.41) is 3.48. The third kappa shape index (κ3) is 4.37. The Morgan fingerprint density at radius 3 is 2.39 bits per heavy atom.